The van der Waals surface area contributed by atoms with Crippen molar-refractivity contribution in [1.29, 1.82) is 0 Å². The fourth-order valence-corrected chi connectivity index (χ4v) is 3.30. The van der Waals surface area contributed by atoms with Crippen LogP contribution in [0.3, 0.4) is 0 Å². The standard InChI is InChI=1S/C21H32O4.K.Li.2H/c1-2-3-4-5-6-7-8-9-10-14-17-21(19(22)23,20(24)25)18-15-12-11-13-16-18;;;;/h11-13,15-16H,2-10,14,17H2,1H3,(H,22,23)(H,24,25);;;;/q;2*+1;2*-1. The molecule has 0 amide bonds. The number of carboxylic acid groups (broad SMARTS) is 2. The third kappa shape index (κ3) is 10.1. The van der Waals surface area contributed by atoms with Crippen molar-refractivity contribution in [2.45, 2.75) is 83.0 Å². The average molecular weight is 397 g/mol. The Morgan fingerprint density at radius 1 is 0.815 bits per heavy atom. The average Bonchev–Trinajstić information content (AvgIpc) is 2.60. The minimum Gasteiger partial charge on any atom is -1.00 e. The number of hydrogen-bond acceptors (Lipinski definition) is 2. The van der Waals surface area contributed by atoms with Crippen LogP contribution in [-0.4, -0.2) is 22.2 Å². The van der Waals surface area contributed by atoms with Gasteiger partial charge in [0.15, 0.2) is 5.41 Å². The second kappa shape index (κ2) is 17.3. The summed E-state index contributed by atoms with van der Waals surface area (Å²) in [5.74, 6) is -2.55. The number of benzene rings is 1. The largest absolute Gasteiger partial charge is 1.00 e. The first-order chi connectivity index (χ1) is 12.1. The Hall–Kier alpha value is 0.394. The minimum atomic E-state index is -1.83. The van der Waals surface area contributed by atoms with E-state index in [0.29, 0.717) is 12.0 Å². The molecule has 1 aromatic rings. The minimum absolute atomic E-state index is 0. The van der Waals surface area contributed by atoms with Crippen LogP contribution in [0.5, 0.6) is 0 Å². The summed E-state index contributed by atoms with van der Waals surface area (Å²) in [7, 11) is 0. The van der Waals surface area contributed by atoms with Gasteiger partial charge in [0.25, 0.3) is 0 Å². The second-order valence-corrected chi connectivity index (χ2v) is 6.81. The van der Waals surface area contributed by atoms with E-state index in [1.165, 1.54) is 38.5 Å². The summed E-state index contributed by atoms with van der Waals surface area (Å²) in [6, 6.07) is 8.33. The fraction of sp³-hybridized carbons (Fsp3) is 0.619. The Balaban J connectivity index is -0.000000781. The molecule has 144 valence electrons. The molecule has 0 fully saturated rings. The van der Waals surface area contributed by atoms with Gasteiger partial charge in [-0.05, 0) is 12.0 Å². The van der Waals surface area contributed by atoms with E-state index in [9.17, 15) is 19.8 Å². The maximum atomic E-state index is 11.8. The molecule has 0 saturated carbocycles. The zero-order valence-electron chi connectivity index (χ0n) is 19.4. The summed E-state index contributed by atoms with van der Waals surface area (Å²) in [5, 5.41) is 19.2. The molecule has 0 heterocycles. The van der Waals surface area contributed by atoms with E-state index < -0.39 is 17.4 Å². The Morgan fingerprint density at radius 2 is 1.22 bits per heavy atom. The van der Waals surface area contributed by atoms with Crippen molar-refractivity contribution >= 4 is 11.9 Å². The molecule has 0 saturated heterocycles. The van der Waals surface area contributed by atoms with Gasteiger partial charge in [-0.3, -0.25) is 9.59 Å². The molecule has 4 nitrogen and oxygen atoms in total. The van der Waals surface area contributed by atoms with Gasteiger partial charge >= 0.3 is 82.2 Å². The maximum Gasteiger partial charge on any atom is 1.00 e. The molecule has 27 heavy (non-hydrogen) atoms. The zero-order chi connectivity index (χ0) is 18.5. The van der Waals surface area contributed by atoms with Gasteiger partial charge in [-0.25, -0.2) is 0 Å². The first-order valence-electron chi connectivity index (χ1n) is 9.58. The van der Waals surface area contributed by atoms with Gasteiger partial charge in [-0.15, -0.1) is 0 Å². The van der Waals surface area contributed by atoms with E-state index in [4.69, 9.17) is 0 Å². The molecule has 0 spiro atoms. The van der Waals surface area contributed by atoms with Crippen LogP contribution in [-0.2, 0) is 15.0 Å². The summed E-state index contributed by atoms with van der Waals surface area (Å²) in [4.78, 5) is 23.5. The summed E-state index contributed by atoms with van der Waals surface area (Å²) in [6.45, 7) is 2.21. The van der Waals surface area contributed by atoms with Crippen LogP contribution in [0.2, 0.25) is 0 Å². The van der Waals surface area contributed by atoms with E-state index >= 15 is 0 Å². The van der Waals surface area contributed by atoms with E-state index in [0.717, 1.165) is 19.3 Å². The van der Waals surface area contributed by atoms with Gasteiger partial charge in [-0.1, -0.05) is 101 Å². The number of carbonyl (C=O) groups is 2. The Kier molecular flexibility index (Phi) is 18.9. The number of rotatable bonds is 14. The van der Waals surface area contributed by atoms with Crippen molar-refractivity contribution in [2.75, 3.05) is 0 Å². The van der Waals surface area contributed by atoms with Crippen LogP contribution in [0.4, 0.5) is 0 Å². The smallest absolute Gasteiger partial charge is 1.00 e. The van der Waals surface area contributed by atoms with E-state index in [-0.39, 0.29) is 79.5 Å². The molecule has 2 N–H and O–H groups in total. The molecule has 6 heteroatoms. The van der Waals surface area contributed by atoms with Crippen LogP contribution >= 0.6 is 0 Å². The molecular weight excluding hydrogens is 362 g/mol. The number of unbranched alkanes of at least 4 members (excludes halogenated alkanes) is 9. The van der Waals surface area contributed by atoms with Crippen molar-refractivity contribution < 1.29 is 92.9 Å². The molecule has 0 unspecified atom stereocenters. The second-order valence-electron chi connectivity index (χ2n) is 6.81. The van der Waals surface area contributed by atoms with Gasteiger partial charge in [0.2, 0.25) is 0 Å². The predicted octanol–water partition coefficient (Wildman–Crippen LogP) is -0.362. The molecular formula is C21H34KLiO4. The van der Waals surface area contributed by atoms with Crippen LogP contribution < -0.4 is 70.2 Å². The Bertz CT molecular complexity index is 519. The molecule has 0 aliphatic carbocycles. The van der Waals surface area contributed by atoms with Crippen molar-refractivity contribution in [2.24, 2.45) is 0 Å². The molecule has 0 bridgehead atoms. The van der Waals surface area contributed by atoms with Gasteiger partial charge in [-0.2, -0.15) is 0 Å². The van der Waals surface area contributed by atoms with Crippen LogP contribution in [0.25, 0.3) is 0 Å². The first kappa shape index (κ1) is 29.6. The van der Waals surface area contributed by atoms with E-state index in [2.05, 4.69) is 6.92 Å². The molecule has 1 rings (SSSR count). The van der Waals surface area contributed by atoms with Gasteiger partial charge < -0.3 is 13.1 Å². The summed E-state index contributed by atoms with van der Waals surface area (Å²) in [5.41, 5.74) is -1.48. The van der Waals surface area contributed by atoms with Gasteiger partial charge in [0.1, 0.15) is 0 Å². The van der Waals surface area contributed by atoms with Crippen molar-refractivity contribution in [3.8, 4) is 0 Å². The molecule has 1 aromatic carbocycles. The van der Waals surface area contributed by atoms with Crippen LogP contribution in [0.15, 0.2) is 30.3 Å². The Labute approximate surface area is 221 Å². The van der Waals surface area contributed by atoms with Gasteiger partial charge in [0, 0.05) is 0 Å². The topological polar surface area (TPSA) is 74.6 Å². The van der Waals surface area contributed by atoms with Crippen LogP contribution in [0, 0.1) is 0 Å². The SMILES string of the molecule is CCCCCCCCCCCCC(C(=O)O)(C(=O)O)c1ccccc1.[H-].[H-].[K+].[Li+]. The van der Waals surface area contributed by atoms with Gasteiger partial charge in [0.05, 0.1) is 0 Å². The molecule has 0 atom stereocenters. The monoisotopic (exact) mass is 396 g/mol. The number of hydrogen-bond donors (Lipinski definition) is 2. The summed E-state index contributed by atoms with van der Waals surface area (Å²) in [6.07, 6.45) is 11.5. The molecule has 0 radical (unpaired) electrons. The zero-order valence-corrected chi connectivity index (χ0v) is 20.5. The number of carboxylic acids is 2. The number of aliphatic carboxylic acids is 2. The summed E-state index contributed by atoms with van der Waals surface area (Å²) < 4.78 is 0. The fourth-order valence-electron chi connectivity index (χ4n) is 3.30. The van der Waals surface area contributed by atoms with Crippen molar-refractivity contribution in [1.82, 2.24) is 0 Å². The molecule has 0 aliphatic rings. The predicted molar refractivity (Wildman–Crippen MR) is 102 cm³/mol. The third-order valence-corrected chi connectivity index (χ3v) is 4.90. The van der Waals surface area contributed by atoms with E-state index in [1.807, 2.05) is 0 Å². The third-order valence-electron chi connectivity index (χ3n) is 4.90. The normalized spacial score (nSPS) is 10.6. The maximum absolute atomic E-state index is 11.8. The molecule has 0 aliphatic heterocycles. The van der Waals surface area contributed by atoms with Crippen LogP contribution in [0.1, 0.15) is 86.0 Å². The van der Waals surface area contributed by atoms with Crippen molar-refractivity contribution in [3.63, 3.8) is 0 Å². The summed E-state index contributed by atoms with van der Waals surface area (Å²) >= 11 is 0. The van der Waals surface area contributed by atoms with E-state index in [1.54, 1.807) is 30.3 Å². The molecule has 0 aromatic heterocycles. The quantitative estimate of drug-likeness (QED) is 0.256. The Morgan fingerprint density at radius 3 is 1.63 bits per heavy atom. The van der Waals surface area contributed by atoms with Crippen molar-refractivity contribution in [3.05, 3.63) is 35.9 Å². The first-order valence-corrected chi connectivity index (χ1v) is 9.58.